The number of hydrogen-bond donors (Lipinski definition) is 1. The van der Waals surface area contributed by atoms with Crippen molar-refractivity contribution in [2.75, 3.05) is 19.0 Å². The zero-order valence-electron chi connectivity index (χ0n) is 13.9. The molecular weight excluding hydrogens is 318 g/mol. The van der Waals surface area contributed by atoms with Gasteiger partial charge < -0.3 is 9.88 Å². The second-order valence-electron chi connectivity index (χ2n) is 5.66. The first-order valence-corrected chi connectivity index (χ1v) is 7.64. The Kier molecular flexibility index (Phi) is 4.56. The average molecular weight is 335 g/mol. The lowest BCUT2D eigenvalue weighted by atomic mass is 10.2. The van der Waals surface area contributed by atoms with Gasteiger partial charge >= 0.3 is 0 Å². The number of aromatic amines is 1. The molecule has 0 aliphatic carbocycles. The van der Waals surface area contributed by atoms with E-state index in [0.717, 1.165) is 16.8 Å². The first-order valence-electron chi connectivity index (χ1n) is 7.64. The van der Waals surface area contributed by atoms with Gasteiger partial charge in [-0.05, 0) is 29.8 Å². The molecule has 7 nitrogen and oxygen atoms in total. The molecule has 0 unspecified atom stereocenters. The molecule has 126 valence electrons. The Morgan fingerprint density at radius 3 is 2.40 bits per heavy atom. The molecule has 0 saturated heterocycles. The van der Waals surface area contributed by atoms with Crippen LogP contribution in [0.4, 0.5) is 17.2 Å². The van der Waals surface area contributed by atoms with Crippen molar-refractivity contribution in [3.05, 3.63) is 70.4 Å². The van der Waals surface area contributed by atoms with Crippen molar-refractivity contribution in [3.63, 3.8) is 0 Å². The molecule has 1 aromatic heterocycles. The maximum Gasteiger partial charge on any atom is 0.269 e. The van der Waals surface area contributed by atoms with Gasteiger partial charge in [0.1, 0.15) is 5.82 Å². The monoisotopic (exact) mass is 335 g/mol. The molecule has 0 aliphatic rings. The van der Waals surface area contributed by atoms with Gasteiger partial charge in [-0.25, -0.2) is 9.98 Å². The van der Waals surface area contributed by atoms with E-state index >= 15 is 0 Å². The molecular formula is C18H17N5O2. The van der Waals surface area contributed by atoms with E-state index in [1.807, 2.05) is 43.3 Å². The van der Waals surface area contributed by atoms with Crippen LogP contribution < -0.4 is 4.90 Å². The summed E-state index contributed by atoms with van der Waals surface area (Å²) in [5.74, 6) is 1.16. The number of nitro benzene ring substituents is 1. The van der Waals surface area contributed by atoms with Gasteiger partial charge in [-0.1, -0.05) is 12.1 Å². The number of aromatic nitrogens is 2. The summed E-state index contributed by atoms with van der Waals surface area (Å²) in [5, 5.41) is 10.7. The maximum atomic E-state index is 10.7. The molecule has 2 aromatic carbocycles. The van der Waals surface area contributed by atoms with Crippen molar-refractivity contribution >= 4 is 23.4 Å². The molecule has 0 saturated carbocycles. The topological polar surface area (TPSA) is 87.4 Å². The number of hydrogen-bond acceptors (Lipinski definition) is 5. The van der Waals surface area contributed by atoms with Crippen molar-refractivity contribution in [2.24, 2.45) is 4.99 Å². The molecule has 7 heteroatoms. The van der Waals surface area contributed by atoms with Gasteiger partial charge in [0, 0.05) is 49.9 Å². The second kappa shape index (κ2) is 6.96. The third kappa shape index (κ3) is 3.89. The number of non-ortho nitro benzene ring substituents is 1. The molecule has 0 amide bonds. The Morgan fingerprint density at radius 1 is 1.12 bits per heavy atom. The number of anilines is 1. The van der Waals surface area contributed by atoms with Crippen LogP contribution in [0.1, 0.15) is 5.56 Å². The van der Waals surface area contributed by atoms with Crippen molar-refractivity contribution in [3.8, 4) is 11.4 Å². The molecule has 1 heterocycles. The van der Waals surface area contributed by atoms with E-state index in [9.17, 15) is 10.1 Å². The molecule has 0 radical (unpaired) electrons. The third-order valence-corrected chi connectivity index (χ3v) is 3.67. The average Bonchev–Trinajstić information content (AvgIpc) is 3.09. The highest BCUT2D eigenvalue weighted by Gasteiger charge is 2.07. The molecule has 3 aromatic rings. The SMILES string of the molecule is CN(C)c1ccc(C=Nc2c[nH]c(-c3ccc([N+](=O)[O-])cc3)n2)cc1. The number of nitro groups is 1. The normalized spacial score (nSPS) is 11.0. The lowest BCUT2D eigenvalue weighted by Gasteiger charge is -2.11. The van der Waals surface area contributed by atoms with Crippen LogP contribution in [0.15, 0.2) is 59.7 Å². The number of H-pyrrole nitrogens is 1. The molecule has 25 heavy (non-hydrogen) atoms. The highest BCUT2D eigenvalue weighted by atomic mass is 16.6. The molecule has 0 bridgehead atoms. The quantitative estimate of drug-likeness (QED) is 0.436. The van der Waals surface area contributed by atoms with Crippen LogP contribution >= 0.6 is 0 Å². The second-order valence-corrected chi connectivity index (χ2v) is 5.66. The summed E-state index contributed by atoms with van der Waals surface area (Å²) in [6.07, 6.45) is 3.44. The lowest BCUT2D eigenvalue weighted by Crippen LogP contribution is -2.08. The first-order chi connectivity index (χ1) is 12.0. The highest BCUT2D eigenvalue weighted by molar-refractivity contribution is 5.82. The van der Waals surface area contributed by atoms with Crippen LogP contribution in [-0.4, -0.2) is 35.2 Å². The fourth-order valence-corrected chi connectivity index (χ4v) is 2.27. The zero-order valence-corrected chi connectivity index (χ0v) is 13.9. The third-order valence-electron chi connectivity index (χ3n) is 3.67. The van der Waals surface area contributed by atoms with E-state index in [1.165, 1.54) is 12.1 Å². The number of nitrogens with one attached hydrogen (secondary N) is 1. The number of imidazole rings is 1. The molecule has 0 spiro atoms. The standard InChI is InChI=1S/C18H17N5O2/c1-22(2)15-7-3-13(4-8-15)11-19-17-12-20-18(21-17)14-5-9-16(10-6-14)23(24)25/h3-12H,1-2H3,(H,20,21). The Bertz CT molecular complexity index is 896. The Labute approximate surface area is 144 Å². The predicted molar refractivity (Wildman–Crippen MR) is 98.7 cm³/mol. The fraction of sp³-hybridized carbons (Fsp3) is 0.111. The summed E-state index contributed by atoms with van der Waals surface area (Å²) in [6, 6.07) is 14.2. The van der Waals surface area contributed by atoms with Gasteiger partial charge in [0.05, 0.1) is 4.92 Å². The van der Waals surface area contributed by atoms with E-state index < -0.39 is 4.92 Å². The number of aliphatic imine (C=N–C) groups is 1. The van der Waals surface area contributed by atoms with Gasteiger partial charge in [-0.15, -0.1) is 0 Å². The van der Waals surface area contributed by atoms with Crippen molar-refractivity contribution in [1.82, 2.24) is 9.97 Å². The van der Waals surface area contributed by atoms with Crippen molar-refractivity contribution in [2.45, 2.75) is 0 Å². The molecule has 0 aliphatic heterocycles. The minimum absolute atomic E-state index is 0.0507. The molecule has 1 N–H and O–H groups in total. The van der Waals surface area contributed by atoms with Crippen LogP contribution in [0.25, 0.3) is 11.4 Å². The largest absolute Gasteiger partial charge is 0.378 e. The van der Waals surface area contributed by atoms with Crippen LogP contribution in [0, 0.1) is 10.1 Å². The van der Waals surface area contributed by atoms with Gasteiger partial charge in [0.15, 0.2) is 5.82 Å². The minimum atomic E-state index is -0.427. The van der Waals surface area contributed by atoms with Crippen LogP contribution in [0.3, 0.4) is 0 Å². The summed E-state index contributed by atoms with van der Waals surface area (Å²) < 4.78 is 0. The van der Waals surface area contributed by atoms with Crippen molar-refractivity contribution < 1.29 is 4.92 Å². The van der Waals surface area contributed by atoms with E-state index in [0.29, 0.717) is 11.6 Å². The van der Waals surface area contributed by atoms with E-state index in [2.05, 4.69) is 15.0 Å². The van der Waals surface area contributed by atoms with Gasteiger partial charge in [0.2, 0.25) is 0 Å². The molecule has 3 rings (SSSR count). The maximum absolute atomic E-state index is 10.7. The van der Waals surface area contributed by atoms with Crippen LogP contribution in [0.5, 0.6) is 0 Å². The van der Waals surface area contributed by atoms with Crippen LogP contribution in [0.2, 0.25) is 0 Å². The number of nitrogens with zero attached hydrogens (tertiary/aromatic N) is 4. The molecule has 0 atom stereocenters. The molecule has 0 fully saturated rings. The highest BCUT2D eigenvalue weighted by Crippen LogP contribution is 2.22. The lowest BCUT2D eigenvalue weighted by molar-refractivity contribution is -0.384. The van der Waals surface area contributed by atoms with Gasteiger partial charge in [0.25, 0.3) is 5.69 Å². The summed E-state index contributed by atoms with van der Waals surface area (Å²) in [5.41, 5.74) is 2.92. The smallest absolute Gasteiger partial charge is 0.269 e. The Morgan fingerprint density at radius 2 is 1.80 bits per heavy atom. The number of benzene rings is 2. The van der Waals surface area contributed by atoms with Gasteiger partial charge in [-0.2, -0.15) is 0 Å². The van der Waals surface area contributed by atoms with E-state index in [-0.39, 0.29) is 5.69 Å². The predicted octanol–water partition coefficient (Wildman–Crippen LogP) is 3.80. The fourth-order valence-electron chi connectivity index (χ4n) is 2.27. The zero-order chi connectivity index (χ0) is 17.8. The summed E-state index contributed by atoms with van der Waals surface area (Å²) in [6.45, 7) is 0. The Hall–Kier alpha value is -3.48. The summed E-state index contributed by atoms with van der Waals surface area (Å²) in [4.78, 5) is 24.1. The Balaban J connectivity index is 1.73. The van der Waals surface area contributed by atoms with Crippen molar-refractivity contribution in [1.29, 1.82) is 0 Å². The van der Waals surface area contributed by atoms with Crippen LogP contribution in [-0.2, 0) is 0 Å². The number of rotatable bonds is 5. The van der Waals surface area contributed by atoms with E-state index in [1.54, 1.807) is 24.5 Å². The summed E-state index contributed by atoms with van der Waals surface area (Å²) in [7, 11) is 3.99. The van der Waals surface area contributed by atoms with E-state index in [4.69, 9.17) is 0 Å². The summed E-state index contributed by atoms with van der Waals surface area (Å²) >= 11 is 0. The minimum Gasteiger partial charge on any atom is -0.378 e. The van der Waals surface area contributed by atoms with Gasteiger partial charge in [-0.3, -0.25) is 10.1 Å². The first kappa shape index (κ1) is 16.4.